The highest BCUT2D eigenvalue weighted by atomic mass is 79.9. The summed E-state index contributed by atoms with van der Waals surface area (Å²) in [4.78, 5) is 12.4. The van der Waals surface area contributed by atoms with Crippen LogP contribution in [0.4, 0.5) is 0 Å². The standard InChI is InChI=1S/C16H20BrN5O/c1-10(18)8-9-19-16(23)14-15(11-2-3-11)22(21-20-14)13-6-4-12(17)5-7-13/h4-7,10-11H,2-3,8-9,18H2,1H3,(H,19,23). The van der Waals surface area contributed by atoms with E-state index in [0.717, 1.165) is 35.1 Å². The number of nitrogens with two attached hydrogens (primary N) is 1. The van der Waals surface area contributed by atoms with Crippen LogP contribution in [0.25, 0.3) is 5.69 Å². The first-order chi connectivity index (χ1) is 11.1. The quantitative estimate of drug-likeness (QED) is 0.808. The third-order valence-corrected chi connectivity index (χ3v) is 4.37. The smallest absolute Gasteiger partial charge is 0.273 e. The van der Waals surface area contributed by atoms with E-state index in [4.69, 9.17) is 5.73 Å². The average molecular weight is 378 g/mol. The number of benzene rings is 1. The number of hydrogen-bond acceptors (Lipinski definition) is 4. The Labute approximate surface area is 143 Å². The van der Waals surface area contributed by atoms with Crippen LogP contribution in [0, 0.1) is 0 Å². The van der Waals surface area contributed by atoms with Crippen molar-refractivity contribution < 1.29 is 4.79 Å². The molecule has 3 rings (SSSR count). The maximum Gasteiger partial charge on any atom is 0.273 e. The van der Waals surface area contributed by atoms with Crippen LogP contribution in [0.15, 0.2) is 28.7 Å². The molecule has 7 heteroatoms. The number of rotatable bonds is 6. The molecule has 1 aromatic heterocycles. The fourth-order valence-corrected chi connectivity index (χ4v) is 2.71. The Morgan fingerprint density at radius 3 is 2.74 bits per heavy atom. The highest BCUT2D eigenvalue weighted by molar-refractivity contribution is 9.10. The van der Waals surface area contributed by atoms with Gasteiger partial charge in [-0.3, -0.25) is 4.79 Å². The fourth-order valence-electron chi connectivity index (χ4n) is 2.44. The van der Waals surface area contributed by atoms with E-state index in [2.05, 4.69) is 31.6 Å². The van der Waals surface area contributed by atoms with Gasteiger partial charge in [0.05, 0.1) is 11.4 Å². The molecular weight excluding hydrogens is 358 g/mol. The van der Waals surface area contributed by atoms with Crippen LogP contribution in [-0.4, -0.2) is 33.5 Å². The third-order valence-electron chi connectivity index (χ3n) is 3.84. The molecular formula is C16H20BrN5O. The molecule has 1 saturated carbocycles. The molecule has 0 aliphatic heterocycles. The summed E-state index contributed by atoms with van der Waals surface area (Å²) in [6.07, 6.45) is 2.89. The van der Waals surface area contributed by atoms with Gasteiger partial charge in [0.1, 0.15) is 0 Å². The summed E-state index contributed by atoms with van der Waals surface area (Å²) < 4.78 is 2.79. The lowest BCUT2D eigenvalue weighted by Gasteiger charge is -2.08. The van der Waals surface area contributed by atoms with E-state index >= 15 is 0 Å². The molecule has 2 aromatic rings. The molecule has 0 saturated heterocycles. The number of aromatic nitrogens is 3. The summed E-state index contributed by atoms with van der Waals surface area (Å²) in [5, 5.41) is 11.2. The van der Waals surface area contributed by atoms with Crippen LogP contribution >= 0.6 is 15.9 Å². The predicted molar refractivity (Wildman–Crippen MR) is 91.6 cm³/mol. The maximum absolute atomic E-state index is 12.4. The van der Waals surface area contributed by atoms with E-state index in [9.17, 15) is 4.79 Å². The van der Waals surface area contributed by atoms with Gasteiger partial charge < -0.3 is 11.1 Å². The van der Waals surface area contributed by atoms with E-state index in [1.165, 1.54) is 0 Å². The molecule has 0 bridgehead atoms. The van der Waals surface area contributed by atoms with Crippen LogP contribution in [0.3, 0.4) is 0 Å². The molecule has 1 aliphatic carbocycles. The van der Waals surface area contributed by atoms with Crippen molar-refractivity contribution in [1.29, 1.82) is 0 Å². The molecule has 1 heterocycles. The monoisotopic (exact) mass is 377 g/mol. The van der Waals surface area contributed by atoms with E-state index in [-0.39, 0.29) is 11.9 Å². The lowest BCUT2D eigenvalue weighted by molar-refractivity contribution is 0.0946. The Kier molecular flexibility index (Phi) is 4.77. The van der Waals surface area contributed by atoms with Crippen molar-refractivity contribution in [3.05, 3.63) is 40.1 Å². The minimum Gasteiger partial charge on any atom is -0.351 e. The SMILES string of the molecule is CC(N)CCNC(=O)c1nnn(-c2ccc(Br)cc2)c1C1CC1. The highest BCUT2D eigenvalue weighted by Crippen LogP contribution is 2.42. The zero-order valence-corrected chi connectivity index (χ0v) is 14.6. The topological polar surface area (TPSA) is 85.8 Å². The number of carbonyl (C=O) groups is 1. The van der Waals surface area contributed by atoms with Gasteiger partial charge in [-0.05, 0) is 50.5 Å². The minimum absolute atomic E-state index is 0.0663. The van der Waals surface area contributed by atoms with E-state index < -0.39 is 0 Å². The van der Waals surface area contributed by atoms with Gasteiger partial charge in [0.25, 0.3) is 5.91 Å². The number of amides is 1. The molecule has 1 aromatic carbocycles. The average Bonchev–Trinajstić information content (AvgIpc) is 3.26. The van der Waals surface area contributed by atoms with Gasteiger partial charge in [-0.2, -0.15) is 0 Å². The first-order valence-corrected chi connectivity index (χ1v) is 8.61. The molecule has 1 fully saturated rings. The number of halogens is 1. The first kappa shape index (κ1) is 16.1. The Bertz CT molecular complexity index is 691. The van der Waals surface area contributed by atoms with Crippen molar-refractivity contribution in [1.82, 2.24) is 20.3 Å². The van der Waals surface area contributed by atoms with Crippen LogP contribution in [0.1, 0.15) is 48.3 Å². The zero-order valence-electron chi connectivity index (χ0n) is 13.0. The van der Waals surface area contributed by atoms with Crippen molar-refractivity contribution in [3.8, 4) is 5.69 Å². The van der Waals surface area contributed by atoms with Gasteiger partial charge in [-0.15, -0.1) is 5.10 Å². The highest BCUT2D eigenvalue weighted by Gasteiger charge is 2.34. The Hall–Kier alpha value is -1.73. The van der Waals surface area contributed by atoms with Crippen molar-refractivity contribution in [2.75, 3.05) is 6.54 Å². The second-order valence-electron chi connectivity index (χ2n) is 6.01. The lowest BCUT2D eigenvalue weighted by atomic mass is 10.2. The predicted octanol–water partition coefficient (Wildman–Crippen LogP) is 2.37. The number of carbonyl (C=O) groups excluding carboxylic acids is 1. The van der Waals surface area contributed by atoms with E-state index in [0.29, 0.717) is 18.2 Å². The summed E-state index contributed by atoms with van der Waals surface area (Å²) in [5.41, 5.74) is 7.96. The third kappa shape index (κ3) is 3.79. The molecule has 1 atom stereocenters. The molecule has 1 unspecified atom stereocenters. The van der Waals surface area contributed by atoms with Crippen molar-refractivity contribution in [3.63, 3.8) is 0 Å². The number of nitrogens with one attached hydrogen (secondary N) is 1. The van der Waals surface area contributed by atoms with Gasteiger partial charge in [-0.25, -0.2) is 4.68 Å². The molecule has 1 amide bonds. The summed E-state index contributed by atoms with van der Waals surface area (Å²) in [6, 6.07) is 7.90. The normalized spacial score (nSPS) is 15.4. The zero-order chi connectivity index (χ0) is 16.4. The van der Waals surface area contributed by atoms with Crippen LogP contribution in [-0.2, 0) is 0 Å². The van der Waals surface area contributed by atoms with Crippen LogP contribution in [0.2, 0.25) is 0 Å². The van der Waals surface area contributed by atoms with E-state index in [1.807, 2.05) is 31.2 Å². The van der Waals surface area contributed by atoms with Crippen LogP contribution < -0.4 is 11.1 Å². The van der Waals surface area contributed by atoms with Gasteiger partial charge in [-0.1, -0.05) is 21.1 Å². The molecule has 1 aliphatic rings. The second-order valence-corrected chi connectivity index (χ2v) is 6.92. The minimum atomic E-state index is -0.170. The molecule has 0 spiro atoms. The summed E-state index contributed by atoms with van der Waals surface area (Å²) in [7, 11) is 0. The van der Waals surface area contributed by atoms with Gasteiger partial charge in [0, 0.05) is 23.0 Å². The van der Waals surface area contributed by atoms with E-state index in [1.54, 1.807) is 4.68 Å². The molecule has 3 N–H and O–H groups in total. The van der Waals surface area contributed by atoms with Crippen LogP contribution in [0.5, 0.6) is 0 Å². The largest absolute Gasteiger partial charge is 0.351 e. The second kappa shape index (κ2) is 6.80. The first-order valence-electron chi connectivity index (χ1n) is 7.81. The molecule has 0 radical (unpaired) electrons. The lowest BCUT2D eigenvalue weighted by Crippen LogP contribution is -2.29. The Morgan fingerprint density at radius 2 is 2.13 bits per heavy atom. The Morgan fingerprint density at radius 1 is 1.43 bits per heavy atom. The summed E-state index contributed by atoms with van der Waals surface area (Å²) in [5.74, 6) is 0.193. The van der Waals surface area contributed by atoms with Crippen molar-refractivity contribution >= 4 is 21.8 Å². The number of hydrogen-bond donors (Lipinski definition) is 2. The van der Waals surface area contributed by atoms with Gasteiger partial charge >= 0.3 is 0 Å². The molecule has 122 valence electrons. The van der Waals surface area contributed by atoms with Gasteiger partial charge in [0.15, 0.2) is 5.69 Å². The fraction of sp³-hybridized carbons (Fsp3) is 0.438. The van der Waals surface area contributed by atoms with Crippen molar-refractivity contribution in [2.24, 2.45) is 5.73 Å². The Balaban J connectivity index is 1.84. The number of nitrogens with zero attached hydrogens (tertiary/aromatic N) is 3. The maximum atomic E-state index is 12.4. The summed E-state index contributed by atoms with van der Waals surface area (Å²) >= 11 is 3.43. The molecule has 6 nitrogen and oxygen atoms in total. The molecule has 23 heavy (non-hydrogen) atoms. The van der Waals surface area contributed by atoms with Crippen molar-refractivity contribution in [2.45, 2.75) is 38.1 Å². The van der Waals surface area contributed by atoms with Gasteiger partial charge in [0.2, 0.25) is 0 Å². The summed E-state index contributed by atoms with van der Waals surface area (Å²) in [6.45, 7) is 2.47.